The van der Waals surface area contributed by atoms with Crippen molar-refractivity contribution in [3.8, 4) is 0 Å². The molecule has 2 saturated carbocycles. The van der Waals surface area contributed by atoms with E-state index < -0.39 is 0 Å². The summed E-state index contributed by atoms with van der Waals surface area (Å²) in [5.74, 6) is 4.37. The average molecular weight is 222 g/mol. The first-order valence-corrected chi connectivity index (χ1v) is 7.81. The molecule has 2 fully saturated rings. The van der Waals surface area contributed by atoms with E-state index in [4.69, 9.17) is 0 Å². The van der Waals surface area contributed by atoms with Crippen molar-refractivity contribution >= 4 is 0 Å². The third-order valence-electron chi connectivity index (χ3n) is 5.44. The van der Waals surface area contributed by atoms with Crippen LogP contribution in [0.3, 0.4) is 0 Å². The van der Waals surface area contributed by atoms with Gasteiger partial charge in [0.2, 0.25) is 0 Å². The van der Waals surface area contributed by atoms with Crippen LogP contribution in [-0.4, -0.2) is 0 Å². The van der Waals surface area contributed by atoms with E-state index in [-0.39, 0.29) is 0 Å². The summed E-state index contributed by atoms with van der Waals surface area (Å²) in [6.45, 7) is 4.74. The second-order valence-electron chi connectivity index (χ2n) is 6.48. The van der Waals surface area contributed by atoms with E-state index in [1.54, 1.807) is 38.5 Å². The Balaban J connectivity index is 1.61. The molecule has 0 amide bonds. The van der Waals surface area contributed by atoms with Gasteiger partial charge < -0.3 is 0 Å². The summed E-state index contributed by atoms with van der Waals surface area (Å²) < 4.78 is 0. The zero-order valence-corrected chi connectivity index (χ0v) is 11.4. The average Bonchev–Trinajstić information content (AvgIpc) is 2.95. The van der Waals surface area contributed by atoms with Gasteiger partial charge in [-0.3, -0.25) is 0 Å². The van der Waals surface area contributed by atoms with E-state index in [0.717, 1.165) is 23.7 Å². The molecule has 0 aromatic rings. The molecule has 16 heavy (non-hydrogen) atoms. The summed E-state index contributed by atoms with van der Waals surface area (Å²) in [5.41, 5.74) is 0. The van der Waals surface area contributed by atoms with Crippen LogP contribution < -0.4 is 0 Å². The van der Waals surface area contributed by atoms with Crippen molar-refractivity contribution in [3.05, 3.63) is 0 Å². The van der Waals surface area contributed by atoms with Crippen LogP contribution >= 0.6 is 0 Å². The van der Waals surface area contributed by atoms with Gasteiger partial charge in [-0.2, -0.15) is 0 Å². The molecule has 0 spiro atoms. The van der Waals surface area contributed by atoms with Gasteiger partial charge >= 0.3 is 0 Å². The third kappa shape index (κ3) is 3.25. The maximum Gasteiger partial charge on any atom is -0.0411 e. The van der Waals surface area contributed by atoms with Gasteiger partial charge in [-0.05, 0) is 36.5 Å². The second-order valence-corrected chi connectivity index (χ2v) is 6.48. The summed E-state index contributed by atoms with van der Waals surface area (Å²) >= 11 is 0. The highest BCUT2D eigenvalue weighted by molar-refractivity contribution is 4.79. The fraction of sp³-hybridized carbons (Fsp3) is 1.00. The molecule has 4 atom stereocenters. The molecule has 0 aliphatic heterocycles. The molecule has 0 heteroatoms. The summed E-state index contributed by atoms with van der Waals surface area (Å²) in [5, 5.41) is 0. The molecule has 0 N–H and O–H groups in total. The van der Waals surface area contributed by atoms with Gasteiger partial charge in [0.05, 0.1) is 0 Å². The minimum atomic E-state index is 1.08. The van der Waals surface area contributed by atoms with Crippen molar-refractivity contribution < 1.29 is 0 Å². The van der Waals surface area contributed by atoms with Crippen LogP contribution in [0.1, 0.15) is 78.1 Å². The molecule has 2 aliphatic carbocycles. The van der Waals surface area contributed by atoms with Crippen molar-refractivity contribution in [1.82, 2.24) is 0 Å². The standard InChI is InChI=1S/C16H30/c1-3-13-5-7-15(11-13)9-10-16-8-6-14(4-2)12-16/h13-16H,3-12H2,1-2H3/t13-,14?,15+,16+/m0/s1. The van der Waals surface area contributed by atoms with Gasteiger partial charge in [0.25, 0.3) is 0 Å². The van der Waals surface area contributed by atoms with Gasteiger partial charge in [0, 0.05) is 0 Å². The van der Waals surface area contributed by atoms with Gasteiger partial charge in [0.15, 0.2) is 0 Å². The fourth-order valence-corrected chi connectivity index (χ4v) is 4.09. The zero-order chi connectivity index (χ0) is 11.4. The molecular weight excluding hydrogens is 192 g/mol. The largest absolute Gasteiger partial charge is 0.0651 e. The number of hydrogen-bond acceptors (Lipinski definition) is 0. The van der Waals surface area contributed by atoms with Crippen LogP contribution in [0.4, 0.5) is 0 Å². The minimum Gasteiger partial charge on any atom is -0.0651 e. The topological polar surface area (TPSA) is 0 Å². The molecule has 2 aliphatic rings. The summed E-state index contributed by atoms with van der Waals surface area (Å²) in [7, 11) is 0. The zero-order valence-electron chi connectivity index (χ0n) is 11.4. The molecule has 0 heterocycles. The van der Waals surface area contributed by atoms with Crippen LogP contribution in [0.25, 0.3) is 0 Å². The highest BCUT2D eigenvalue weighted by atomic mass is 14.3. The molecular formula is C16H30. The lowest BCUT2D eigenvalue weighted by Crippen LogP contribution is -2.01. The van der Waals surface area contributed by atoms with Crippen molar-refractivity contribution in [1.29, 1.82) is 0 Å². The van der Waals surface area contributed by atoms with Crippen molar-refractivity contribution in [2.75, 3.05) is 0 Å². The number of hydrogen-bond donors (Lipinski definition) is 0. The monoisotopic (exact) mass is 222 g/mol. The first-order chi connectivity index (χ1) is 7.81. The smallest absolute Gasteiger partial charge is 0.0411 e. The lowest BCUT2D eigenvalue weighted by Gasteiger charge is -2.14. The third-order valence-corrected chi connectivity index (χ3v) is 5.44. The maximum absolute atomic E-state index is 2.37. The predicted octanol–water partition coefficient (Wildman–Crippen LogP) is 5.42. The Morgan fingerprint density at radius 1 is 0.625 bits per heavy atom. The van der Waals surface area contributed by atoms with Crippen LogP contribution in [0.15, 0.2) is 0 Å². The summed E-state index contributed by atoms with van der Waals surface area (Å²) in [4.78, 5) is 0. The fourth-order valence-electron chi connectivity index (χ4n) is 4.09. The molecule has 0 radical (unpaired) electrons. The normalized spacial score (nSPS) is 39.4. The van der Waals surface area contributed by atoms with E-state index >= 15 is 0 Å². The van der Waals surface area contributed by atoms with Crippen molar-refractivity contribution in [2.45, 2.75) is 78.1 Å². The first kappa shape index (κ1) is 12.5. The molecule has 1 unspecified atom stereocenters. The van der Waals surface area contributed by atoms with Crippen molar-refractivity contribution in [2.24, 2.45) is 23.7 Å². The van der Waals surface area contributed by atoms with Gasteiger partial charge in [0.1, 0.15) is 0 Å². The van der Waals surface area contributed by atoms with Crippen LogP contribution in [0, 0.1) is 23.7 Å². The highest BCUT2D eigenvalue weighted by Gasteiger charge is 2.27. The van der Waals surface area contributed by atoms with E-state index in [9.17, 15) is 0 Å². The van der Waals surface area contributed by atoms with E-state index in [1.165, 1.54) is 25.7 Å². The first-order valence-electron chi connectivity index (χ1n) is 7.81. The molecule has 2 rings (SSSR count). The van der Waals surface area contributed by atoms with Gasteiger partial charge in [-0.15, -0.1) is 0 Å². The molecule has 0 nitrogen and oxygen atoms in total. The highest BCUT2D eigenvalue weighted by Crippen LogP contribution is 2.40. The second kappa shape index (κ2) is 6.07. The Hall–Kier alpha value is 0. The van der Waals surface area contributed by atoms with Crippen LogP contribution in [0.5, 0.6) is 0 Å². The molecule has 0 aromatic heterocycles. The van der Waals surface area contributed by atoms with Crippen LogP contribution in [0.2, 0.25) is 0 Å². The van der Waals surface area contributed by atoms with E-state index in [1.807, 2.05) is 0 Å². The lowest BCUT2D eigenvalue weighted by atomic mass is 9.92. The quantitative estimate of drug-likeness (QED) is 0.582. The molecule has 0 bridgehead atoms. The Labute approximate surface area is 102 Å². The number of rotatable bonds is 5. The molecule has 94 valence electrons. The van der Waals surface area contributed by atoms with E-state index in [2.05, 4.69) is 13.8 Å². The Kier molecular flexibility index (Phi) is 4.73. The Morgan fingerprint density at radius 2 is 1.00 bits per heavy atom. The molecule has 0 saturated heterocycles. The Bertz CT molecular complexity index is 174. The van der Waals surface area contributed by atoms with E-state index in [0.29, 0.717) is 0 Å². The van der Waals surface area contributed by atoms with Gasteiger partial charge in [-0.1, -0.05) is 65.2 Å². The van der Waals surface area contributed by atoms with Crippen LogP contribution in [-0.2, 0) is 0 Å². The maximum atomic E-state index is 2.37. The predicted molar refractivity (Wildman–Crippen MR) is 71.5 cm³/mol. The summed E-state index contributed by atoms with van der Waals surface area (Å²) in [6, 6.07) is 0. The van der Waals surface area contributed by atoms with Crippen molar-refractivity contribution in [3.63, 3.8) is 0 Å². The lowest BCUT2D eigenvalue weighted by molar-refractivity contribution is 0.379. The molecule has 0 aromatic carbocycles. The summed E-state index contributed by atoms with van der Waals surface area (Å²) in [6.07, 6.45) is 15.2. The minimum absolute atomic E-state index is 1.08. The Morgan fingerprint density at radius 3 is 1.31 bits per heavy atom. The SMILES string of the molecule is CCC1CC[C@H](CC[C@H]2CC[C@H](CC)C2)C1. The van der Waals surface area contributed by atoms with Gasteiger partial charge in [-0.25, -0.2) is 0 Å².